The first-order chi connectivity index (χ1) is 8.40. The Morgan fingerprint density at radius 3 is 2.35 bits per heavy atom. The van der Waals surface area contributed by atoms with Gasteiger partial charge in [0.25, 0.3) is 0 Å². The van der Waals surface area contributed by atoms with Crippen molar-refractivity contribution in [3.05, 3.63) is 0 Å². The maximum absolute atomic E-state index is 5.61. The quantitative estimate of drug-likeness (QED) is 0.739. The molecule has 1 aliphatic heterocycles. The minimum atomic E-state index is 0.0568. The fourth-order valence-corrected chi connectivity index (χ4v) is 3.02. The third-order valence-electron chi connectivity index (χ3n) is 4.05. The van der Waals surface area contributed by atoms with Gasteiger partial charge in [-0.05, 0) is 25.8 Å². The van der Waals surface area contributed by atoms with Crippen LogP contribution in [0, 0.1) is 0 Å². The molecule has 0 aromatic rings. The summed E-state index contributed by atoms with van der Waals surface area (Å²) in [6, 6.07) is 0.817. The molecule has 3 heteroatoms. The second-order valence-corrected chi connectivity index (χ2v) is 5.23. The summed E-state index contributed by atoms with van der Waals surface area (Å²) in [6.07, 6.45) is 9.18. The van der Waals surface area contributed by atoms with Gasteiger partial charge in [0.2, 0.25) is 0 Å². The van der Waals surface area contributed by atoms with Gasteiger partial charge in [-0.3, -0.25) is 0 Å². The minimum Gasteiger partial charge on any atom is -0.353 e. The summed E-state index contributed by atoms with van der Waals surface area (Å²) in [5.74, 6) is 0. The fraction of sp³-hybridized carbons (Fsp3) is 1.00. The number of nitrogens with zero attached hydrogens (tertiary/aromatic N) is 1. The molecule has 2 fully saturated rings. The van der Waals surface area contributed by atoms with Gasteiger partial charge in [0.15, 0.2) is 6.29 Å². The van der Waals surface area contributed by atoms with E-state index in [1.54, 1.807) is 0 Å². The maximum Gasteiger partial charge on any atom is 0.158 e. The minimum absolute atomic E-state index is 0.0568. The van der Waals surface area contributed by atoms with Crippen LogP contribution in [0.3, 0.4) is 0 Å². The molecular weight excluding hydrogens is 214 g/mol. The summed E-state index contributed by atoms with van der Waals surface area (Å²) in [5.41, 5.74) is 0. The van der Waals surface area contributed by atoms with Gasteiger partial charge >= 0.3 is 0 Å². The van der Waals surface area contributed by atoms with Crippen molar-refractivity contribution in [2.24, 2.45) is 0 Å². The lowest BCUT2D eigenvalue weighted by Crippen LogP contribution is -2.39. The van der Waals surface area contributed by atoms with Crippen LogP contribution in [0.4, 0.5) is 0 Å². The molecule has 1 saturated carbocycles. The second kappa shape index (κ2) is 7.34. The monoisotopic (exact) mass is 241 g/mol. The first-order valence-electron chi connectivity index (χ1n) is 7.37. The van der Waals surface area contributed by atoms with E-state index in [9.17, 15) is 0 Å². The summed E-state index contributed by atoms with van der Waals surface area (Å²) in [7, 11) is 0. The molecular formula is C14H27NO2. The Balaban J connectivity index is 1.70. The lowest BCUT2D eigenvalue weighted by atomic mass is 9.94. The van der Waals surface area contributed by atoms with Crippen LogP contribution in [0.5, 0.6) is 0 Å². The Bertz CT molecular complexity index is 198. The maximum atomic E-state index is 5.61. The highest BCUT2D eigenvalue weighted by Gasteiger charge is 2.21. The molecule has 0 aromatic carbocycles. The molecule has 0 bridgehead atoms. The van der Waals surface area contributed by atoms with Gasteiger partial charge in [0.1, 0.15) is 0 Å². The van der Waals surface area contributed by atoms with Gasteiger partial charge < -0.3 is 14.4 Å². The van der Waals surface area contributed by atoms with Gasteiger partial charge in [-0.2, -0.15) is 0 Å². The van der Waals surface area contributed by atoms with E-state index in [0.29, 0.717) is 0 Å². The highest BCUT2D eigenvalue weighted by Crippen LogP contribution is 2.23. The van der Waals surface area contributed by atoms with E-state index in [1.807, 2.05) is 0 Å². The molecule has 2 rings (SSSR count). The average molecular weight is 241 g/mol. The second-order valence-electron chi connectivity index (χ2n) is 5.23. The molecule has 0 aromatic heterocycles. The number of hydrogen-bond donors (Lipinski definition) is 0. The molecule has 1 heterocycles. The first-order valence-corrected chi connectivity index (χ1v) is 7.37. The topological polar surface area (TPSA) is 21.7 Å². The smallest absolute Gasteiger partial charge is 0.158 e. The Morgan fingerprint density at radius 1 is 1.00 bits per heavy atom. The van der Waals surface area contributed by atoms with Crippen LogP contribution in [-0.2, 0) is 9.47 Å². The SMILES string of the molecule is CCN(CCC1OCCCO1)C1CCCCC1. The summed E-state index contributed by atoms with van der Waals surface area (Å²) in [6.45, 7) is 6.32. The fourth-order valence-electron chi connectivity index (χ4n) is 3.02. The van der Waals surface area contributed by atoms with Crippen molar-refractivity contribution in [2.75, 3.05) is 26.3 Å². The third kappa shape index (κ3) is 4.23. The molecule has 0 amide bonds. The zero-order valence-corrected chi connectivity index (χ0v) is 11.2. The van der Waals surface area contributed by atoms with E-state index in [4.69, 9.17) is 9.47 Å². The van der Waals surface area contributed by atoms with Gasteiger partial charge in [0.05, 0.1) is 13.2 Å². The largest absolute Gasteiger partial charge is 0.353 e. The zero-order valence-electron chi connectivity index (χ0n) is 11.2. The number of rotatable bonds is 5. The highest BCUT2D eigenvalue weighted by molar-refractivity contribution is 4.75. The highest BCUT2D eigenvalue weighted by atomic mass is 16.7. The molecule has 0 radical (unpaired) electrons. The summed E-state index contributed by atoms with van der Waals surface area (Å²) < 4.78 is 11.2. The molecule has 0 atom stereocenters. The van der Waals surface area contributed by atoms with Crippen LogP contribution in [-0.4, -0.2) is 43.5 Å². The molecule has 3 nitrogen and oxygen atoms in total. The van der Waals surface area contributed by atoms with E-state index in [0.717, 1.165) is 45.2 Å². The average Bonchev–Trinajstić information content (AvgIpc) is 2.42. The van der Waals surface area contributed by atoms with Crippen molar-refractivity contribution < 1.29 is 9.47 Å². The van der Waals surface area contributed by atoms with E-state index < -0.39 is 0 Å². The molecule has 100 valence electrons. The molecule has 1 aliphatic carbocycles. The lowest BCUT2D eigenvalue weighted by molar-refractivity contribution is -0.183. The molecule has 0 spiro atoms. The van der Waals surface area contributed by atoms with Crippen molar-refractivity contribution in [3.8, 4) is 0 Å². The Hall–Kier alpha value is -0.120. The molecule has 0 unspecified atom stereocenters. The summed E-state index contributed by atoms with van der Waals surface area (Å²) in [5, 5.41) is 0. The van der Waals surface area contributed by atoms with Crippen molar-refractivity contribution in [1.29, 1.82) is 0 Å². The van der Waals surface area contributed by atoms with Gasteiger partial charge in [-0.1, -0.05) is 26.2 Å². The van der Waals surface area contributed by atoms with E-state index >= 15 is 0 Å². The predicted octanol–water partition coefficient (Wildman–Crippen LogP) is 2.79. The third-order valence-corrected chi connectivity index (χ3v) is 4.05. The van der Waals surface area contributed by atoms with Gasteiger partial charge in [-0.25, -0.2) is 0 Å². The Morgan fingerprint density at radius 2 is 1.71 bits per heavy atom. The number of hydrogen-bond acceptors (Lipinski definition) is 3. The van der Waals surface area contributed by atoms with Crippen LogP contribution in [0.2, 0.25) is 0 Å². The first kappa shape index (κ1) is 13.3. The van der Waals surface area contributed by atoms with Crippen molar-refractivity contribution in [3.63, 3.8) is 0 Å². The summed E-state index contributed by atoms with van der Waals surface area (Å²) >= 11 is 0. The van der Waals surface area contributed by atoms with Crippen molar-refractivity contribution >= 4 is 0 Å². The van der Waals surface area contributed by atoms with E-state index in [2.05, 4.69) is 11.8 Å². The van der Waals surface area contributed by atoms with E-state index in [1.165, 1.54) is 32.1 Å². The van der Waals surface area contributed by atoms with E-state index in [-0.39, 0.29) is 6.29 Å². The molecule has 0 N–H and O–H groups in total. The molecule has 1 saturated heterocycles. The van der Waals surface area contributed by atoms with Gasteiger partial charge in [0, 0.05) is 19.0 Å². The normalized spacial score (nSPS) is 24.4. The van der Waals surface area contributed by atoms with Crippen molar-refractivity contribution in [1.82, 2.24) is 4.90 Å². The molecule has 2 aliphatic rings. The number of ether oxygens (including phenoxy) is 2. The lowest BCUT2D eigenvalue weighted by Gasteiger charge is -2.34. The summed E-state index contributed by atoms with van der Waals surface area (Å²) in [4.78, 5) is 2.63. The van der Waals surface area contributed by atoms with Crippen LogP contribution >= 0.6 is 0 Å². The Labute approximate surface area is 105 Å². The molecule has 17 heavy (non-hydrogen) atoms. The zero-order chi connectivity index (χ0) is 11.9. The van der Waals surface area contributed by atoms with Crippen LogP contribution in [0.25, 0.3) is 0 Å². The van der Waals surface area contributed by atoms with Crippen LogP contribution in [0.1, 0.15) is 51.9 Å². The van der Waals surface area contributed by atoms with Crippen molar-refractivity contribution in [2.45, 2.75) is 64.2 Å². The van der Waals surface area contributed by atoms with Crippen LogP contribution < -0.4 is 0 Å². The predicted molar refractivity (Wildman–Crippen MR) is 69.0 cm³/mol. The van der Waals surface area contributed by atoms with Crippen LogP contribution in [0.15, 0.2) is 0 Å². The van der Waals surface area contributed by atoms with Gasteiger partial charge in [-0.15, -0.1) is 0 Å². The Kier molecular flexibility index (Phi) is 5.75. The standard InChI is InChI=1S/C14H27NO2/c1-2-15(13-7-4-3-5-8-13)10-9-14-16-11-6-12-17-14/h13-14H,2-12H2,1H3.